The maximum absolute atomic E-state index is 9.63. The molecule has 1 unspecified atom stereocenters. The Kier molecular flexibility index (Phi) is 6.19. The number of hydrogen-bond donors (Lipinski definition) is 2. The first-order valence-electron chi connectivity index (χ1n) is 6.24. The minimum absolute atomic E-state index is 0.303. The Hall–Kier alpha value is -0.900. The average molecular weight is 236 g/mol. The molecule has 0 radical (unpaired) electrons. The summed E-state index contributed by atoms with van der Waals surface area (Å²) in [6, 6.07) is 8.61. The van der Waals surface area contributed by atoms with E-state index in [4.69, 9.17) is 5.73 Å². The third kappa shape index (κ3) is 5.82. The Morgan fingerprint density at radius 2 is 1.94 bits per heavy atom. The van der Waals surface area contributed by atoms with Crippen molar-refractivity contribution in [1.29, 1.82) is 0 Å². The highest BCUT2D eigenvalue weighted by Gasteiger charge is 2.06. The number of hydrogen-bond acceptors (Lipinski definition) is 3. The predicted octanol–water partition coefficient (Wildman–Crippen LogP) is 1.18. The summed E-state index contributed by atoms with van der Waals surface area (Å²) in [6.45, 7) is 4.31. The highest BCUT2D eigenvalue weighted by atomic mass is 16.3. The summed E-state index contributed by atoms with van der Waals surface area (Å²) >= 11 is 0. The topological polar surface area (TPSA) is 49.5 Å². The maximum Gasteiger partial charge on any atom is 0.0679 e. The van der Waals surface area contributed by atoms with E-state index in [-0.39, 0.29) is 6.10 Å². The molecule has 0 aromatic heterocycles. The van der Waals surface area contributed by atoms with Gasteiger partial charge < -0.3 is 15.7 Å². The highest BCUT2D eigenvalue weighted by Crippen LogP contribution is 2.05. The molecular formula is C14H24N2O. The maximum atomic E-state index is 9.63. The summed E-state index contributed by atoms with van der Waals surface area (Å²) in [5.74, 6) is 0. The molecule has 3 N–H and O–H groups in total. The Morgan fingerprint density at radius 3 is 2.53 bits per heavy atom. The van der Waals surface area contributed by atoms with Crippen LogP contribution in [-0.4, -0.2) is 42.8 Å². The highest BCUT2D eigenvalue weighted by molar-refractivity contribution is 5.21. The van der Waals surface area contributed by atoms with Gasteiger partial charge in [-0.3, -0.25) is 0 Å². The first-order valence-corrected chi connectivity index (χ1v) is 6.24. The van der Waals surface area contributed by atoms with E-state index in [0.717, 1.165) is 13.0 Å². The van der Waals surface area contributed by atoms with Gasteiger partial charge in [0, 0.05) is 13.1 Å². The molecule has 0 aliphatic heterocycles. The van der Waals surface area contributed by atoms with Crippen LogP contribution in [0.4, 0.5) is 0 Å². The van der Waals surface area contributed by atoms with Gasteiger partial charge in [0.25, 0.3) is 0 Å². The van der Waals surface area contributed by atoms with Crippen LogP contribution in [0.1, 0.15) is 17.5 Å². The van der Waals surface area contributed by atoms with Crippen LogP contribution in [-0.2, 0) is 6.42 Å². The van der Waals surface area contributed by atoms with Crippen molar-refractivity contribution in [3.8, 4) is 0 Å². The van der Waals surface area contributed by atoms with E-state index in [9.17, 15) is 5.11 Å². The molecule has 96 valence electrons. The SMILES string of the molecule is Cc1ccc(CCN(C)CC(O)CCN)cc1. The van der Waals surface area contributed by atoms with Crippen molar-refractivity contribution >= 4 is 0 Å². The van der Waals surface area contributed by atoms with E-state index in [1.54, 1.807) is 0 Å². The smallest absolute Gasteiger partial charge is 0.0679 e. The summed E-state index contributed by atoms with van der Waals surface area (Å²) < 4.78 is 0. The van der Waals surface area contributed by atoms with Gasteiger partial charge >= 0.3 is 0 Å². The minimum atomic E-state index is -0.303. The van der Waals surface area contributed by atoms with E-state index in [1.165, 1.54) is 11.1 Å². The van der Waals surface area contributed by atoms with Crippen LogP contribution in [0.25, 0.3) is 0 Å². The molecule has 1 aromatic rings. The lowest BCUT2D eigenvalue weighted by molar-refractivity contribution is 0.120. The van der Waals surface area contributed by atoms with Crippen LogP contribution in [0.3, 0.4) is 0 Å². The molecule has 1 atom stereocenters. The van der Waals surface area contributed by atoms with E-state index in [0.29, 0.717) is 19.5 Å². The van der Waals surface area contributed by atoms with Crippen LogP contribution >= 0.6 is 0 Å². The Morgan fingerprint density at radius 1 is 1.29 bits per heavy atom. The number of nitrogens with two attached hydrogens (primary N) is 1. The predicted molar refractivity (Wildman–Crippen MR) is 72.1 cm³/mol. The van der Waals surface area contributed by atoms with Gasteiger partial charge in [0.2, 0.25) is 0 Å². The van der Waals surface area contributed by atoms with Gasteiger partial charge in [-0.15, -0.1) is 0 Å². The minimum Gasteiger partial charge on any atom is -0.392 e. The van der Waals surface area contributed by atoms with Gasteiger partial charge in [-0.05, 0) is 38.9 Å². The van der Waals surface area contributed by atoms with Gasteiger partial charge in [-0.2, -0.15) is 0 Å². The summed E-state index contributed by atoms with van der Waals surface area (Å²) in [5.41, 5.74) is 8.04. The monoisotopic (exact) mass is 236 g/mol. The van der Waals surface area contributed by atoms with Gasteiger partial charge in [0.05, 0.1) is 6.10 Å². The fraction of sp³-hybridized carbons (Fsp3) is 0.571. The normalized spacial score (nSPS) is 13.0. The molecule has 0 saturated heterocycles. The summed E-state index contributed by atoms with van der Waals surface area (Å²) in [7, 11) is 2.04. The number of aliphatic hydroxyl groups is 1. The summed E-state index contributed by atoms with van der Waals surface area (Å²) in [4.78, 5) is 2.15. The third-order valence-corrected chi connectivity index (χ3v) is 2.93. The van der Waals surface area contributed by atoms with E-state index < -0.39 is 0 Å². The van der Waals surface area contributed by atoms with Gasteiger partial charge in [0.15, 0.2) is 0 Å². The summed E-state index contributed by atoms with van der Waals surface area (Å²) in [6.07, 6.45) is 1.39. The second-order valence-corrected chi connectivity index (χ2v) is 4.73. The molecule has 17 heavy (non-hydrogen) atoms. The van der Waals surface area contributed by atoms with Crippen LogP contribution in [0.15, 0.2) is 24.3 Å². The Bertz CT molecular complexity index is 311. The molecule has 1 rings (SSSR count). The quantitative estimate of drug-likeness (QED) is 0.747. The van der Waals surface area contributed by atoms with E-state index in [1.807, 2.05) is 7.05 Å². The fourth-order valence-electron chi connectivity index (χ4n) is 1.81. The molecule has 0 aliphatic carbocycles. The van der Waals surface area contributed by atoms with Crippen molar-refractivity contribution in [2.24, 2.45) is 5.73 Å². The summed E-state index contributed by atoms with van der Waals surface area (Å²) in [5, 5.41) is 9.63. The van der Waals surface area contributed by atoms with Crippen LogP contribution in [0.5, 0.6) is 0 Å². The molecule has 3 heteroatoms. The molecule has 0 heterocycles. The lowest BCUT2D eigenvalue weighted by Crippen LogP contribution is -2.32. The van der Waals surface area contributed by atoms with E-state index >= 15 is 0 Å². The second kappa shape index (κ2) is 7.43. The second-order valence-electron chi connectivity index (χ2n) is 4.73. The molecule has 0 bridgehead atoms. The third-order valence-electron chi connectivity index (χ3n) is 2.93. The van der Waals surface area contributed by atoms with Crippen molar-refractivity contribution < 1.29 is 5.11 Å². The van der Waals surface area contributed by atoms with Gasteiger partial charge in [-0.25, -0.2) is 0 Å². The Labute approximate surface area is 104 Å². The van der Waals surface area contributed by atoms with Gasteiger partial charge in [0.1, 0.15) is 0 Å². The number of benzene rings is 1. The van der Waals surface area contributed by atoms with Crippen molar-refractivity contribution in [1.82, 2.24) is 4.90 Å². The molecule has 1 aromatic carbocycles. The lowest BCUT2D eigenvalue weighted by Gasteiger charge is -2.20. The number of rotatable bonds is 7. The molecule has 3 nitrogen and oxygen atoms in total. The molecule has 0 amide bonds. The zero-order valence-electron chi connectivity index (χ0n) is 10.9. The number of aryl methyl sites for hydroxylation is 1. The van der Waals surface area contributed by atoms with Crippen LogP contribution < -0.4 is 5.73 Å². The Balaban J connectivity index is 2.27. The molecule has 0 aliphatic rings. The molecule has 0 spiro atoms. The number of likely N-dealkylation sites (N-methyl/N-ethyl adjacent to an activating group) is 1. The van der Waals surface area contributed by atoms with Crippen molar-refractivity contribution in [2.75, 3.05) is 26.7 Å². The van der Waals surface area contributed by atoms with Crippen LogP contribution in [0.2, 0.25) is 0 Å². The lowest BCUT2D eigenvalue weighted by atomic mass is 10.1. The first-order chi connectivity index (χ1) is 8.11. The molecule has 0 fully saturated rings. The molecular weight excluding hydrogens is 212 g/mol. The number of aliphatic hydroxyl groups excluding tert-OH is 1. The number of nitrogens with zero attached hydrogens (tertiary/aromatic N) is 1. The average Bonchev–Trinajstić information content (AvgIpc) is 2.28. The van der Waals surface area contributed by atoms with Crippen molar-refractivity contribution in [2.45, 2.75) is 25.9 Å². The van der Waals surface area contributed by atoms with E-state index in [2.05, 4.69) is 36.1 Å². The largest absolute Gasteiger partial charge is 0.392 e. The van der Waals surface area contributed by atoms with Crippen molar-refractivity contribution in [3.63, 3.8) is 0 Å². The van der Waals surface area contributed by atoms with Crippen molar-refractivity contribution in [3.05, 3.63) is 35.4 Å². The standard InChI is InChI=1S/C14H24N2O/c1-12-3-5-13(6-4-12)8-10-16(2)11-14(17)7-9-15/h3-6,14,17H,7-11,15H2,1-2H3. The zero-order valence-corrected chi connectivity index (χ0v) is 10.9. The fourth-order valence-corrected chi connectivity index (χ4v) is 1.81. The van der Waals surface area contributed by atoms with Gasteiger partial charge in [-0.1, -0.05) is 29.8 Å². The zero-order chi connectivity index (χ0) is 12.7. The molecule has 0 saturated carbocycles. The van der Waals surface area contributed by atoms with Crippen LogP contribution in [0, 0.1) is 6.92 Å². The first kappa shape index (κ1) is 14.2.